The SMILES string of the molecule is C=CCc1ccccc1OCCOc1cccc(/C=N/Nc2nc3ccccc3s2)c1. The summed E-state index contributed by atoms with van der Waals surface area (Å²) < 4.78 is 12.8. The van der Waals surface area contributed by atoms with Crippen molar-refractivity contribution in [3.8, 4) is 11.5 Å². The molecule has 0 aliphatic carbocycles. The van der Waals surface area contributed by atoms with Crippen molar-refractivity contribution in [3.05, 3.63) is 96.6 Å². The van der Waals surface area contributed by atoms with Gasteiger partial charge < -0.3 is 9.47 Å². The molecule has 4 aromatic rings. The van der Waals surface area contributed by atoms with E-state index in [-0.39, 0.29) is 0 Å². The van der Waals surface area contributed by atoms with Crippen molar-refractivity contribution in [2.45, 2.75) is 6.42 Å². The second kappa shape index (κ2) is 10.4. The minimum Gasteiger partial charge on any atom is -0.490 e. The Labute approximate surface area is 185 Å². The molecule has 0 bridgehead atoms. The second-order valence-electron chi connectivity index (χ2n) is 6.73. The topological polar surface area (TPSA) is 55.7 Å². The zero-order valence-corrected chi connectivity index (χ0v) is 17.8. The van der Waals surface area contributed by atoms with Crippen LogP contribution in [0.5, 0.6) is 11.5 Å². The zero-order chi connectivity index (χ0) is 21.3. The third kappa shape index (κ3) is 5.71. The predicted octanol–water partition coefficient (Wildman–Crippen LogP) is 5.93. The first kappa shape index (κ1) is 20.6. The molecule has 1 N–H and O–H groups in total. The maximum Gasteiger partial charge on any atom is 0.204 e. The van der Waals surface area contributed by atoms with Crippen LogP contribution in [0.25, 0.3) is 10.2 Å². The Morgan fingerprint density at radius 3 is 2.71 bits per heavy atom. The lowest BCUT2D eigenvalue weighted by atomic mass is 10.1. The Kier molecular flexibility index (Phi) is 6.92. The highest BCUT2D eigenvalue weighted by Gasteiger charge is 2.03. The highest BCUT2D eigenvalue weighted by molar-refractivity contribution is 7.22. The van der Waals surface area contributed by atoms with Gasteiger partial charge in [-0.05, 0) is 47.9 Å². The minimum absolute atomic E-state index is 0.451. The van der Waals surface area contributed by atoms with Crippen molar-refractivity contribution in [3.63, 3.8) is 0 Å². The van der Waals surface area contributed by atoms with E-state index in [1.807, 2.05) is 78.9 Å². The Hall–Kier alpha value is -3.64. The fourth-order valence-electron chi connectivity index (χ4n) is 3.05. The molecular formula is C25H23N3O2S. The second-order valence-corrected chi connectivity index (χ2v) is 7.76. The lowest BCUT2D eigenvalue weighted by Gasteiger charge is -2.11. The number of nitrogens with one attached hydrogen (secondary N) is 1. The van der Waals surface area contributed by atoms with Crippen molar-refractivity contribution in [1.29, 1.82) is 0 Å². The van der Waals surface area contributed by atoms with E-state index in [1.54, 1.807) is 17.6 Å². The number of benzene rings is 3. The summed E-state index contributed by atoms with van der Waals surface area (Å²) in [5.41, 5.74) is 6.02. The summed E-state index contributed by atoms with van der Waals surface area (Å²) in [6, 6.07) is 23.8. The van der Waals surface area contributed by atoms with Crippen LogP contribution in [0.4, 0.5) is 5.13 Å². The molecule has 0 aliphatic rings. The van der Waals surface area contributed by atoms with Gasteiger partial charge in [0.2, 0.25) is 5.13 Å². The molecule has 31 heavy (non-hydrogen) atoms. The van der Waals surface area contributed by atoms with E-state index in [1.165, 1.54) is 0 Å². The first-order valence-electron chi connectivity index (χ1n) is 10.0. The van der Waals surface area contributed by atoms with Crippen LogP contribution >= 0.6 is 11.3 Å². The van der Waals surface area contributed by atoms with Gasteiger partial charge in [-0.3, -0.25) is 5.43 Å². The number of nitrogens with zero attached hydrogens (tertiary/aromatic N) is 2. The molecule has 4 rings (SSSR count). The highest BCUT2D eigenvalue weighted by atomic mass is 32.1. The van der Waals surface area contributed by atoms with Crippen molar-refractivity contribution < 1.29 is 9.47 Å². The van der Waals surface area contributed by atoms with Crippen molar-refractivity contribution in [1.82, 2.24) is 4.98 Å². The fraction of sp³-hybridized carbons (Fsp3) is 0.120. The smallest absolute Gasteiger partial charge is 0.204 e. The van der Waals surface area contributed by atoms with Crippen LogP contribution in [0.2, 0.25) is 0 Å². The van der Waals surface area contributed by atoms with Gasteiger partial charge >= 0.3 is 0 Å². The average molecular weight is 430 g/mol. The summed E-state index contributed by atoms with van der Waals surface area (Å²) in [6.07, 6.45) is 4.40. The molecule has 0 aliphatic heterocycles. The maximum absolute atomic E-state index is 5.87. The number of para-hydroxylation sites is 2. The van der Waals surface area contributed by atoms with Gasteiger partial charge in [0.25, 0.3) is 0 Å². The molecule has 1 aromatic heterocycles. The van der Waals surface area contributed by atoms with Gasteiger partial charge in [0, 0.05) is 0 Å². The molecule has 1 heterocycles. The van der Waals surface area contributed by atoms with E-state index in [0.29, 0.717) is 13.2 Å². The largest absolute Gasteiger partial charge is 0.490 e. The fourth-order valence-corrected chi connectivity index (χ4v) is 3.86. The normalized spacial score (nSPS) is 11.0. The molecule has 0 saturated heterocycles. The average Bonchev–Trinajstić information content (AvgIpc) is 3.21. The number of hydrazone groups is 1. The van der Waals surface area contributed by atoms with E-state index in [9.17, 15) is 0 Å². The van der Waals surface area contributed by atoms with Crippen LogP contribution in [-0.4, -0.2) is 24.4 Å². The van der Waals surface area contributed by atoms with Gasteiger partial charge in [-0.25, -0.2) is 4.98 Å². The third-order valence-corrected chi connectivity index (χ3v) is 5.41. The summed E-state index contributed by atoms with van der Waals surface area (Å²) in [5, 5.41) is 5.06. The number of anilines is 1. The van der Waals surface area contributed by atoms with Gasteiger partial charge in [-0.2, -0.15) is 5.10 Å². The molecule has 0 saturated carbocycles. The van der Waals surface area contributed by atoms with Gasteiger partial charge in [-0.1, -0.05) is 59.9 Å². The van der Waals surface area contributed by atoms with Crippen LogP contribution < -0.4 is 14.9 Å². The molecule has 0 radical (unpaired) electrons. The summed E-state index contributed by atoms with van der Waals surface area (Å²) in [5.74, 6) is 1.64. The summed E-state index contributed by atoms with van der Waals surface area (Å²) in [4.78, 5) is 4.50. The van der Waals surface area contributed by atoms with Gasteiger partial charge in [0.1, 0.15) is 24.7 Å². The third-order valence-electron chi connectivity index (χ3n) is 4.47. The molecule has 5 nitrogen and oxygen atoms in total. The lowest BCUT2D eigenvalue weighted by molar-refractivity contribution is 0.216. The monoisotopic (exact) mass is 429 g/mol. The van der Waals surface area contributed by atoms with E-state index in [2.05, 4.69) is 22.1 Å². The summed E-state index contributed by atoms with van der Waals surface area (Å²) in [7, 11) is 0. The Bertz CT molecular complexity index is 1150. The first-order valence-corrected chi connectivity index (χ1v) is 10.8. The molecule has 0 fully saturated rings. The van der Waals surface area contributed by atoms with Crippen LogP contribution in [-0.2, 0) is 6.42 Å². The van der Waals surface area contributed by atoms with Gasteiger partial charge in [-0.15, -0.1) is 6.58 Å². The van der Waals surface area contributed by atoms with Crippen LogP contribution in [0.1, 0.15) is 11.1 Å². The minimum atomic E-state index is 0.451. The molecule has 156 valence electrons. The van der Waals surface area contributed by atoms with Crippen molar-refractivity contribution >= 4 is 32.9 Å². The molecule has 3 aromatic carbocycles. The highest BCUT2D eigenvalue weighted by Crippen LogP contribution is 2.25. The van der Waals surface area contributed by atoms with Crippen molar-refractivity contribution in [2.75, 3.05) is 18.6 Å². The van der Waals surface area contributed by atoms with Gasteiger partial charge in [0.05, 0.1) is 16.4 Å². The Morgan fingerprint density at radius 2 is 1.81 bits per heavy atom. The molecule has 0 amide bonds. The number of thiazole rings is 1. The molecule has 0 unspecified atom stereocenters. The molecule has 0 spiro atoms. The van der Waals surface area contributed by atoms with Crippen LogP contribution in [0.15, 0.2) is 90.6 Å². The standard InChI is InChI=1S/C25H23N3O2S/c1-2-8-20-10-3-5-13-23(20)30-16-15-29-21-11-7-9-19(17-21)18-26-28-25-27-22-12-4-6-14-24(22)31-25/h2-7,9-14,17-18H,1,8,15-16H2,(H,27,28)/b26-18+. The number of aromatic nitrogens is 1. The molecule has 0 atom stereocenters. The quantitative estimate of drug-likeness (QED) is 0.147. The Morgan fingerprint density at radius 1 is 0.968 bits per heavy atom. The van der Waals surface area contributed by atoms with Crippen LogP contribution in [0.3, 0.4) is 0 Å². The maximum atomic E-state index is 5.87. The first-order chi connectivity index (χ1) is 15.3. The van der Waals surface area contributed by atoms with Crippen LogP contribution in [0, 0.1) is 0 Å². The van der Waals surface area contributed by atoms with E-state index < -0.39 is 0 Å². The van der Waals surface area contributed by atoms with E-state index in [0.717, 1.165) is 44.4 Å². The van der Waals surface area contributed by atoms with Crippen molar-refractivity contribution in [2.24, 2.45) is 5.10 Å². The molecular weight excluding hydrogens is 406 g/mol. The number of fused-ring (bicyclic) bond motifs is 1. The predicted molar refractivity (Wildman–Crippen MR) is 129 cm³/mol. The number of rotatable bonds is 10. The lowest BCUT2D eigenvalue weighted by Crippen LogP contribution is -2.10. The van der Waals surface area contributed by atoms with E-state index >= 15 is 0 Å². The number of hydrogen-bond donors (Lipinski definition) is 1. The zero-order valence-electron chi connectivity index (χ0n) is 17.0. The van der Waals surface area contributed by atoms with E-state index in [4.69, 9.17) is 9.47 Å². The van der Waals surface area contributed by atoms with Gasteiger partial charge in [0.15, 0.2) is 0 Å². The summed E-state index contributed by atoms with van der Waals surface area (Å²) in [6.45, 7) is 4.71. The number of ether oxygens (including phenoxy) is 2. The number of hydrogen-bond acceptors (Lipinski definition) is 6. The summed E-state index contributed by atoms with van der Waals surface area (Å²) >= 11 is 1.57. The molecule has 6 heteroatoms. The Balaban J connectivity index is 1.28. The number of allylic oxidation sites excluding steroid dienone is 1.